The molecule has 0 radical (unpaired) electrons. The van der Waals surface area contributed by atoms with Gasteiger partial charge in [-0.05, 0) is 30.4 Å². The molecule has 0 aliphatic heterocycles. The second-order valence-corrected chi connectivity index (χ2v) is 5.62. The van der Waals surface area contributed by atoms with Gasteiger partial charge in [-0.15, -0.1) is 11.3 Å². The fourth-order valence-electron chi connectivity index (χ4n) is 2.20. The number of fused-ring (bicyclic) bond motifs is 1. The van der Waals surface area contributed by atoms with E-state index in [-0.39, 0.29) is 0 Å². The highest BCUT2D eigenvalue weighted by molar-refractivity contribution is 7.16. The Labute approximate surface area is 128 Å². The van der Waals surface area contributed by atoms with Crippen LogP contribution in [0.1, 0.15) is 12.5 Å². The number of aromatic nitrogens is 2. The van der Waals surface area contributed by atoms with Crippen LogP contribution in [0.25, 0.3) is 10.2 Å². The summed E-state index contributed by atoms with van der Waals surface area (Å²) >= 11 is 1.64. The first kappa shape index (κ1) is 13.8. The van der Waals surface area contributed by atoms with E-state index in [2.05, 4.69) is 56.3 Å². The third-order valence-corrected chi connectivity index (χ3v) is 4.02. The van der Waals surface area contributed by atoms with Crippen molar-refractivity contribution in [2.45, 2.75) is 13.3 Å². The molecule has 1 aromatic carbocycles. The van der Waals surface area contributed by atoms with Gasteiger partial charge in [0, 0.05) is 13.1 Å². The van der Waals surface area contributed by atoms with Gasteiger partial charge in [0.15, 0.2) is 0 Å². The molecule has 4 nitrogen and oxygen atoms in total. The summed E-state index contributed by atoms with van der Waals surface area (Å²) in [4.78, 5) is 10.1. The van der Waals surface area contributed by atoms with Crippen LogP contribution in [0.15, 0.2) is 41.8 Å². The molecule has 3 aromatic rings. The van der Waals surface area contributed by atoms with Crippen molar-refractivity contribution in [2.24, 2.45) is 0 Å². The van der Waals surface area contributed by atoms with Crippen molar-refractivity contribution in [3.63, 3.8) is 0 Å². The molecule has 0 atom stereocenters. The van der Waals surface area contributed by atoms with Crippen molar-refractivity contribution in [2.75, 3.05) is 23.7 Å². The van der Waals surface area contributed by atoms with Crippen molar-refractivity contribution in [1.82, 2.24) is 9.97 Å². The lowest BCUT2D eigenvalue weighted by molar-refractivity contribution is 1.00. The Balaban J connectivity index is 1.74. The van der Waals surface area contributed by atoms with Gasteiger partial charge in [-0.3, -0.25) is 0 Å². The van der Waals surface area contributed by atoms with Crippen LogP contribution in [0, 0.1) is 0 Å². The van der Waals surface area contributed by atoms with E-state index in [4.69, 9.17) is 0 Å². The summed E-state index contributed by atoms with van der Waals surface area (Å²) in [5.74, 6) is 1.60. The summed E-state index contributed by atoms with van der Waals surface area (Å²) in [6.07, 6.45) is 0.979. The lowest BCUT2D eigenvalue weighted by Gasteiger charge is -2.09. The third-order valence-electron chi connectivity index (χ3n) is 3.21. The number of nitrogens with one attached hydrogen (secondary N) is 2. The maximum atomic E-state index is 4.57. The minimum atomic E-state index is 0.690. The Morgan fingerprint density at radius 3 is 2.71 bits per heavy atom. The number of rotatable bonds is 6. The molecule has 0 fully saturated rings. The molecule has 108 valence electrons. The first-order valence-electron chi connectivity index (χ1n) is 7.13. The van der Waals surface area contributed by atoms with Gasteiger partial charge in [-0.1, -0.05) is 30.3 Å². The molecule has 0 saturated carbocycles. The van der Waals surface area contributed by atoms with Crippen molar-refractivity contribution in [3.05, 3.63) is 47.3 Å². The Hall–Kier alpha value is -2.14. The van der Waals surface area contributed by atoms with Crippen LogP contribution >= 0.6 is 11.3 Å². The summed E-state index contributed by atoms with van der Waals surface area (Å²) in [7, 11) is 0. The van der Waals surface area contributed by atoms with Crippen LogP contribution in [0.3, 0.4) is 0 Å². The minimum Gasteiger partial charge on any atom is -0.369 e. The van der Waals surface area contributed by atoms with Crippen LogP contribution in [0.2, 0.25) is 0 Å². The molecule has 2 heterocycles. The van der Waals surface area contributed by atoms with Crippen LogP contribution in [0.4, 0.5) is 11.8 Å². The van der Waals surface area contributed by atoms with Gasteiger partial charge in [0.1, 0.15) is 10.6 Å². The average molecular weight is 298 g/mol. The topological polar surface area (TPSA) is 49.8 Å². The van der Waals surface area contributed by atoms with Gasteiger partial charge in [-0.25, -0.2) is 4.98 Å². The largest absolute Gasteiger partial charge is 0.369 e. The van der Waals surface area contributed by atoms with Gasteiger partial charge in [0.05, 0.1) is 5.39 Å². The van der Waals surface area contributed by atoms with Gasteiger partial charge in [0.2, 0.25) is 5.95 Å². The summed E-state index contributed by atoms with van der Waals surface area (Å²) < 4.78 is 0. The van der Waals surface area contributed by atoms with Crippen molar-refractivity contribution < 1.29 is 0 Å². The van der Waals surface area contributed by atoms with E-state index in [9.17, 15) is 0 Å². The average Bonchev–Trinajstić information content (AvgIpc) is 2.97. The molecule has 2 N–H and O–H groups in total. The van der Waals surface area contributed by atoms with Gasteiger partial charge in [-0.2, -0.15) is 4.98 Å². The summed E-state index contributed by atoms with van der Waals surface area (Å²) in [5, 5.41) is 9.76. The second kappa shape index (κ2) is 6.54. The molecule has 0 bridgehead atoms. The Bertz CT molecular complexity index is 709. The molecule has 0 unspecified atom stereocenters. The van der Waals surface area contributed by atoms with E-state index < -0.39 is 0 Å². The highest BCUT2D eigenvalue weighted by atomic mass is 32.1. The second-order valence-electron chi connectivity index (χ2n) is 4.73. The smallest absolute Gasteiger partial charge is 0.226 e. The van der Waals surface area contributed by atoms with Crippen LogP contribution in [-0.4, -0.2) is 23.1 Å². The fourth-order valence-corrected chi connectivity index (χ4v) is 2.96. The fraction of sp³-hybridized carbons (Fsp3) is 0.250. The standard InChI is InChI=1S/C16H18N4S/c1-2-17-16-19-14(13-9-11-21-15(13)20-16)18-10-8-12-6-4-3-5-7-12/h3-7,9,11H,2,8,10H2,1H3,(H2,17,18,19,20). The SMILES string of the molecule is CCNc1nc(NCCc2ccccc2)c2ccsc2n1. The van der Waals surface area contributed by atoms with E-state index in [1.54, 1.807) is 11.3 Å². The van der Waals surface area contributed by atoms with E-state index in [0.717, 1.165) is 35.5 Å². The molecule has 0 aliphatic carbocycles. The number of anilines is 2. The summed E-state index contributed by atoms with van der Waals surface area (Å²) in [5.41, 5.74) is 1.33. The quantitative estimate of drug-likeness (QED) is 0.727. The van der Waals surface area contributed by atoms with E-state index in [1.807, 2.05) is 13.0 Å². The van der Waals surface area contributed by atoms with Crippen molar-refractivity contribution in [3.8, 4) is 0 Å². The Morgan fingerprint density at radius 2 is 1.90 bits per heavy atom. The predicted octanol–water partition coefficient (Wildman–Crippen LogP) is 3.78. The van der Waals surface area contributed by atoms with Crippen molar-refractivity contribution >= 4 is 33.3 Å². The van der Waals surface area contributed by atoms with Crippen LogP contribution in [-0.2, 0) is 6.42 Å². The number of hydrogen-bond acceptors (Lipinski definition) is 5. The molecule has 0 saturated heterocycles. The highest BCUT2D eigenvalue weighted by Crippen LogP contribution is 2.26. The van der Waals surface area contributed by atoms with Gasteiger partial charge < -0.3 is 10.6 Å². The molecule has 2 aromatic heterocycles. The van der Waals surface area contributed by atoms with Gasteiger partial charge in [0.25, 0.3) is 0 Å². The van der Waals surface area contributed by atoms with E-state index in [0.29, 0.717) is 5.95 Å². The molecule has 0 spiro atoms. The molecular weight excluding hydrogens is 280 g/mol. The zero-order valence-corrected chi connectivity index (χ0v) is 12.8. The minimum absolute atomic E-state index is 0.690. The Kier molecular flexibility index (Phi) is 4.31. The zero-order chi connectivity index (χ0) is 14.5. The summed E-state index contributed by atoms with van der Waals surface area (Å²) in [6.45, 7) is 3.72. The lowest BCUT2D eigenvalue weighted by atomic mass is 10.1. The molecule has 21 heavy (non-hydrogen) atoms. The third kappa shape index (κ3) is 3.31. The van der Waals surface area contributed by atoms with Gasteiger partial charge >= 0.3 is 0 Å². The number of benzene rings is 1. The number of nitrogens with zero attached hydrogens (tertiary/aromatic N) is 2. The molecule has 3 rings (SSSR count). The molecule has 0 aliphatic rings. The van der Waals surface area contributed by atoms with E-state index in [1.165, 1.54) is 5.56 Å². The maximum absolute atomic E-state index is 4.57. The molecule has 5 heteroatoms. The molecular formula is C16H18N4S. The predicted molar refractivity (Wildman–Crippen MR) is 90.2 cm³/mol. The van der Waals surface area contributed by atoms with Crippen LogP contribution < -0.4 is 10.6 Å². The number of thiophene rings is 1. The summed E-state index contributed by atoms with van der Waals surface area (Å²) in [6, 6.07) is 12.5. The first-order chi connectivity index (χ1) is 10.4. The zero-order valence-electron chi connectivity index (χ0n) is 12.0. The van der Waals surface area contributed by atoms with E-state index >= 15 is 0 Å². The van der Waals surface area contributed by atoms with Crippen LogP contribution in [0.5, 0.6) is 0 Å². The van der Waals surface area contributed by atoms with Crippen molar-refractivity contribution in [1.29, 1.82) is 0 Å². The monoisotopic (exact) mass is 298 g/mol. The normalized spacial score (nSPS) is 10.7. The molecule has 0 amide bonds. The maximum Gasteiger partial charge on any atom is 0.226 e. The number of hydrogen-bond donors (Lipinski definition) is 2. The highest BCUT2D eigenvalue weighted by Gasteiger charge is 2.08. The first-order valence-corrected chi connectivity index (χ1v) is 8.01. The Morgan fingerprint density at radius 1 is 1.05 bits per heavy atom. The lowest BCUT2D eigenvalue weighted by Crippen LogP contribution is -2.09.